The van der Waals surface area contributed by atoms with Gasteiger partial charge >= 0.3 is 6.09 Å². The Hall–Kier alpha value is -0.770. The van der Waals surface area contributed by atoms with Crippen LogP contribution in [0.5, 0.6) is 0 Å². The minimum absolute atomic E-state index is 0.422. The van der Waals surface area contributed by atoms with Gasteiger partial charge in [-0.3, -0.25) is 4.90 Å². The molecule has 70 valence electrons. The van der Waals surface area contributed by atoms with Crippen molar-refractivity contribution in [2.75, 3.05) is 19.6 Å². The summed E-state index contributed by atoms with van der Waals surface area (Å²) in [5, 5.41) is 10.8. The Kier molecular flexibility index (Phi) is 3.34. The van der Waals surface area contributed by atoms with Crippen LogP contribution in [0.4, 0.5) is 4.79 Å². The molecule has 0 aromatic carbocycles. The van der Waals surface area contributed by atoms with Gasteiger partial charge in [0.15, 0.2) is 0 Å². The fourth-order valence-electron chi connectivity index (χ4n) is 1.75. The molecule has 0 radical (unpaired) electrons. The molecule has 0 unspecified atom stereocenters. The topological polar surface area (TPSA) is 52.6 Å². The van der Waals surface area contributed by atoms with Crippen molar-refractivity contribution in [3.63, 3.8) is 0 Å². The molecule has 0 aromatic heterocycles. The smallest absolute Gasteiger partial charge is 0.404 e. The standard InChI is InChI=1S/C8H16N2O2/c1-2-10-5-3-4-7(10)6-9-8(11)12/h7,9H,2-6H2,1H3,(H,11,12)/t7-/m0/s1. The highest BCUT2D eigenvalue weighted by Gasteiger charge is 2.22. The lowest BCUT2D eigenvalue weighted by molar-refractivity contribution is 0.187. The van der Waals surface area contributed by atoms with Crippen molar-refractivity contribution in [1.29, 1.82) is 0 Å². The van der Waals surface area contributed by atoms with Crippen molar-refractivity contribution >= 4 is 6.09 Å². The number of carbonyl (C=O) groups is 1. The van der Waals surface area contributed by atoms with Gasteiger partial charge in [0.25, 0.3) is 0 Å². The third-order valence-corrected chi connectivity index (χ3v) is 2.39. The van der Waals surface area contributed by atoms with Crippen molar-refractivity contribution in [1.82, 2.24) is 10.2 Å². The Bertz CT molecular complexity index is 161. The molecule has 4 nitrogen and oxygen atoms in total. The van der Waals surface area contributed by atoms with Crippen LogP contribution in [-0.2, 0) is 0 Å². The number of hydrogen-bond acceptors (Lipinski definition) is 2. The van der Waals surface area contributed by atoms with Gasteiger partial charge in [0, 0.05) is 12.6 Å². The summed E-state index contributed by atoms with van der Waals surface area (Å²) in [4.78, 5) is 12.5. The Labute approximate surface area is 72.6 Å². The molecule has 0 saturated carbocycles. The van der Waals surface area contributed by atoms with Gasteiger partial charge in [-0.05, 0) is 25.9 Å². The van der Waals surface area contributed by atoms with Gasteiger partial charge < -0.3 is 10.4 Å². The van der Waals surface area contributed by atoms with Crippen molar-refractivity contribution in [3.05, 3.63) is 0 Å². The molecule has 0 aromatic rings. The lowest BCUT2D eigenvalue weighted by Gasteiger charge is -2.21. The average molecular weight is 172 g/mol. The second kappa shape index (κ2) is 4.30. The van der Waals surface area contributed by atoms with E-state index in [1.807, 2.05) is 0 Å². The van der Waals surface area contributed by atoms with Crippen LogP contribution in [0.3, 0.4) is 0 Å². The lowest BCUT2D eigenvalue weighted by atomic mass is 10.2. The number of rotatable bonds is 3. The highest BCUT2D eigenvalue weighted by atomic mass is 16.4. The monoisotopic (exact) mass is 172 g/mol. The number of amides is 1. The second-order valence-corrected chi connectivity index (χ2v) is 3.11. The summed E-state index contributed by atoms with van der Waals surface area (Å²) in [6, 6.07) is 0.422. The summed E-state index contributed by atoms with van der Waals surface area (Å²) in [6.07, 6.45) is 1.39. The maximum Gasteiger partial charge on any atom is 0.404 e. The molecular weight excluding hydrogens is 156 g/mol. The first kappa shape index (κ1) is 9.32. The van der Waals surface area contributed by atoms with Gasteiger partial charge in [-0.2, -0.15) is 0 Å². The molecule has 1 atom stereocenters. The Balaban J connectivity index is 2.26. The minimum atomic E-state index is -0.919. The van der Waals surface area contributed by atoms with Crippen LogP contribution in [0, 0.1) is 0 Å². The number of nitrogens with one attached hydrogen (secondary N) is 1. The molecule has 1 saturated heterocycles. The summed E-state index contributed by atoms with van der Waals surface area (Å²) >= 11 is 0. The van der Waals surface area contributed by atoms with Crippen LogP contribution in [0.25, 0.3) is 0 Å². The number of likely N-dealkylation sites (N-methyl/N-ethyl adjacent to an activating group) is 1. The first-order chi connectivity index (χ1) is 5.74. The average Bonchev–Trinajstić information content (AvgIpc) is 2.47. The maximum absolute atomic E-state index is 10.2. The van der Waals surface area contributed by atoms with Gasteiger partial charge in [0.1, 0.15) is 0 Å². The van der Waals surface area contributed by atoms with Crippen LogP contribution >= 0.6 is 0 Å². The zero-order valence-electron chi connectivity index (χ0n) is 7.42. The molecule has 0 bridgehead atoms. The number of hydrogen-bond donors (Lipinski definition) is 2. The van der Waals surface area contributed by atoms with Crippen LogP contribution in [0.2, 0.25) is 0 Å². The van der Waals surface area contributed by atoms with Gasteiger partial charge in [0.05, 0.1) is 0 Å². The Morgan fingerprint density at radius 3 is 3.08 bits per heavy atom. The van der Waals surface area contributed by atoms with Crippen LogP contribution < -0.4 is 5.32 Å². The Morgan fingerprint density at radius 2 is 2.50 bits per heavy atom. The van der Waals surface area contributed by atoms with Crippen LogP contribution in [0.1, 0.15) is 19.8 Å². The van der Waals surface area contributed by atoms with E-state index in [1.165, 1.54) is 6.42 Å². The van der Waals surface area contributed by atoms with E-state index < -0.39 is 6.09 Å². The third kappa shape index (κ3) is 2.37. The molecular formula is C8H16N2O2. The summed E-state index contributed by atoms with van der Waals surface area (Å²) in [6.45, 7) is 4.82. The van der Waals surface area contributed by atoms with E-state index in [0.717, 1.165) is 19.5 Å². The number of likely N-dealkylation sites (tertiary alicyclic amines) is 1. The predicted molar refractivity (Wildman–Crippen MR) is 46.3 cm³/mol. The van der Waals surface area contributed by atoms with E-state index in [9.17, 15) is 4.79 Å². The van der Waals surface area contributed by atoms with Gasteiger partial charge in [0.2, 0.25) is 0 Å². The zero-order chi connectivity index (χ0) is 8.97. The van der Waals surface area contributed by atoms with E-state index in [4.69, 9.17) is 5.11 Å². The van der Waals surface area contributed by atoms with Crippen LogP contribution in [-0.4, -0.2) is 41.8 Å². The molecule has 1 heterocycles. The molecule has 1 aliphatic rings. The lowest BCUT2D eigenvalue weighted by Crippen LogP contribution is -2.39. The maximum atomic E-state index is 10.2. The van der Waals surface area contributed by atoms with Crippen molar-refractivity contribution < 1.29 is 9.90 Å². The fourth-order valence-corrected chi connectivity index (χ4v) is 1.75. The van der Waals surface area contributed by atoms with E-state index in [2.05, 4.69) is 17.1 Å². The van der Waals surface area contributed by atoms with Gasteiger partial charge in [-0.25, -0.2) is 4.79 Å². The van der Waals surface area contributed by atoms with E-state index in [-0.39, 0.29) is 0 Å². The normalized spacial score (nSPS) is 24.2. The number of carboxylic acid groups (broad SMARTS) is 1. The van der Waals surface area contributed by atoms with E-state index in [0.29, 0.717) is 12.6 Å². The molecule has 1 fully saturated rings. The number of nitrogens with zero attached hydrogens (tertiary/aromatic N) is 1. The van der Waals surface area contributed by atoms with Crippen molar-refractivity contribution in [2.24, 2.45) is 0 Å². The summed E-state index contributed by atoms with van der Waals surface area (Å²) in [7, 11) is 0. The molecule has 2 N–H and O–H groups in total. The molecule has 4 heteroatoms. The second-order valence-electron chi connectivity index (χ2n) is 3.11. The Morgan fingerprint density at radius 1 is 1.75 bits per heavy atom. The molecule has 0 aliphatic carbocycles. The molecule has 1 aliphatic heterocycles. The van der Waals surface area contributed by atoms with E-state index >= 15 is 0 Å². The summed E-state index contributed by atoms with van der Waals surface area (Å²) in [5.74, 6) is 0. The zero-order valence-corrected chi connectivity index (χ0v) is 7.42. The highest BCUT2D eigenvalue weighted by Crippen LogP contribution is 2.15. The first-order valence-corrected chi connectivity index (χ1v) is 4.45. The molecule has 0 spiro atoms. The predicted octanol–water partition coefficient (Wildman–Crippen LogP) is 0.738. The molecule has 12 heavy (non-hydrogen) atoms. The first-order valence-electron chi connectivity index (χ1n) is 4.45. The van der Waals surface area contributed by atoms with Crippen molar-refractivity contribution in [2.45, 2.75) is 25.8 Å². The third-order valence-electron chi connectivity index (χ3n) is 2.39. The molecule has 1 amide bonds. The fraction of sp³-hybridized carbons (Fsp3) is 0.875. The summed E-state index contributed by atoms with van der Waals surface area (Å²) < 4.78 is 0. The van der Waals surface area contributed by atoms with Gasteiger partial charge in [-0.15, -0.1) is 0 Å². The summed E-state index contributed by atoms with van der Waals surface area (Å²) in [5.41, 5.74) is 0. The van der Waals surface area contributed by atoms with Crippen LogP contribution in [0.15, 0.2) is 0 Å². The SMILES string of the molecule is CCN1CCC[C@H]1CNC(=O)O. The van der Waals surface area contributed by atoms with Crippen molar-refractivity contribution in [3.8, 4) is 0 Å². The molecule has 1 rings (SSSR count). The minimum Gasteiger partial charge on any atom is -0.465 e. The largest absolute Gasteiger partial charge is 0.465 e. The quantitative estimate of drug-likeness (QED) is 0.660. The highest BCUT2D eigenvalue weighted by molar-refractivity contribution is 5.64. The van der Waals surface area contributed by atoms with E-state index in [1.54, 1.807) is 0 Å². The van der Waals surface area contributed by atoms with Gasteiger partial charge in [-0.1, -0.05) is 6.92 Å².